The molecule has 0 radical (unpaired) electrons. The summed E-state index contributed by atoms with van der Waals surface area (Å²) in [5.74, 6) is 0. The molecule has 0 fully saturated rings. The molecule has 1 heteroatoms. The van der Waals surface area contributed by atoms with Gasteiger partial charge in [0.25, 0.3) is 0 Å². The molecule has 13 heavy (non-hydrogen) atoms. The molecule has 0 aromatic rings. The Morgan fingerprint density at radius 3 is 1.00 bits per heavy atom. The molecule has 0 saturated carbocycles. The van der Waals surface area contributed by atoms with E-state index in [0.29, 0.717) is 0 Å². The van der Waals surface area contributed by atoms with Crippen LogP contribution in [0.5, 0.6) is 0 Å². The Hall–Kier alpha value is -0.508. The third-order valence-corrected chi connectivity index (χ3v) is 7.77. The molecule has 0 rings (SSSR count). The summed E-state index contributed by atoms with van der Waals surface area (Å²) in [7, 11) is 0. The zero-order valence-corrected chi connectivity index (χ0v) is 9.65. The summed E-state index contributed by atoms with van der Waals surface area (Å²) in [5.41, 5.74) is 0. The molecule has 0 aromatic heterocycles. The van der Waals surface area contributed by atoms with Crippen LogP contribution in [0.3, 0.4) is 0 Å². The molecular formula is C12H20Cr. The second-order valence-electron chi connectivity index (χ2n) is 3.05. The van der Waals surface area contributed by atoms with Crippen LogP contribution in [0.15, 0.2) is 50.6 Å². The standard InChI is InChI=1S/4C3H5.Cr/c4*1-3-2;/h4*3H,1-2H2;. The molecule has 0 nitrogen and oxygen atoms in total. The zero-order chi connectivity index (χ0) is 10.2. The van der Waals surface area contributed by atoms with Gasteiger partial charge in [-0.25, -0.2) is 0 Å². The Balaban J connectivity index is 4.53. The third-order valence-electron chi connectivity index (χ3n) is 1.89. The molecule has 0 amide bonds. The van der Waals surface area contributed by atoms with Crippen LogP contribution in [0, 0.1) is 0 Å². The second kappa shape index (κ2) is 6.95. The fraction of sp³-hybridized carbons (Fsp3) is 0.333. The van der Waals surface area contributed by atoms with Crippen molar-refractivity contribution >= 4 is 0 Å². The molecule has 0 N–H and O–H groups in total. The molecule has 74 valence electrons. The molecule has 0 aliphatic carbocycles. The predicted molar refractivity (Wildman–Crippen MR) is 60.0 cm³/mol. The van der Waals surface area contributed by atoms with Gasteiger partial charge in [0.1, 0.15) is 0 Å². The molecule has 0 heterocycles. The molecule has 0 aliphatic rings. The topological polar surface area (TPSA) is 0 Å². The van der Waals surface area contributed by atoms with Gasteiger partial charge in [-0.3, -0.25) is 0 Å². The monoisotopic (exact) mass is 216 g/mol. The summed E-state index contributed by atoms with van der Waals surface area (Å²) in [6.45, 7) is 15.3. The number of allylic oxidation sites excluding steroid dienone is 4. The molecule has 0 atom stereocenters. The van der Waals surface area contributed by atoms with Crippen LogP contribution in [-0.4, -0.2) is 0 Å². The molecule has 0 saturated heterocycles. The van der Waals surface area contributed by atoms with Crippen molar-refractivity contribution in [2.45, 2.75) is 21.1 Å². The molecule has 0 aliphatic heterocycles. The van der Waals surface area contributed by atoms with Crippen molar-refractivity contribution in [2.75, 3.05) is 0 Å². The maximum atomic E-state index is 3.83. The normalized spacial score (nSPS) is 11.7. The summed E-state index contributed by atoms with van der Waals surface area (Å²) in [6, 6.07) is 0. The van der Waals surface area contributed by atoms with Gasteiger partial charge >= 0.3 is 84.8 Å². The summed E-state index contributed by atoms with van der Waals surface area (Å²) in [6.07, 6.45) is 8.15. The van der Waals surface area contributed by atoms with E-state index in [9.17, 15) is 0 Å². The van der Waals surface area contributed by atoms with Gasteiger partial charge in [-0.15, -0.1) is 0 Å². The van der Waals surface area contributed by atoms with Gasteiger partial charge in [-0.2, -0.15) is 0 Å². The van der Waals surface area contributed by atoms with E-state index in [1.54, 1.807) is 0 Å². The maximum absolute atomic E-state index is 3.83. The first-order valence-electron chi connectivity index (χ1n) is 4.42. The first-order valence-corrected chi connectivity index (χ1v) is 8.03. The van der Waals surface area contributed by atoms with Crippen molar-refractivity contribution in [3.63, 3.8) is 0 Å². The Labute approximate surface area is 85.0 Å². The number of hydrogen-bond donors (Lipinski definition) is 0. The third kappa shape index (κ3) is 4.31. The van der Waals surface area contributed by atoms with E-state index in [2.05, 4.69) is 26.3 Å². The van der Waals surface area contributed by atoms with Crippen LogP contribution in [0.25, 0.3) is 0 Å². The van der Waals surface area contributed by atoms with E-state index >= 15 is 0 Å². The number of rotatable bonds is 8. The van der Waals surface area contributed by atoms with Crippen molar-refractivity contribution < 1.29 is 13.1 Å². The average Bonchev–Trinajstić information content (AvgIpc) is 2.06. The van der Waals surface area contributed by atoms with Crippen molar-refractivity contribution in [3.8, 4) is 0 Å². The Morgan fingerprint density at radius 1 is 0.615 bits per heavy atom. The quantitative estimate of drug-likeness (QED) is 0.522. The fourth-order valence-corrected chi connectivity index (χ4v) is 5.81. The van der Waals surface area contributed by atoms with E-state index in [4.69, 9.17) is 0 Å². The summed E-state index contributed by atoms with van der Waals surface area (Å²) in [5, 5.41) is 4.61. The van der Waals surface area contributed by atoms with Crippen molar-refractivity contribution in [1.82, 2.24) is 0 Å². The van der Waals surface area contributed by atoms with Crippen LogP contribution in [0.4, 0.5) is 0 Å². The molecule has 0 unspecified atom stereocenters. The van der Waals surface area contributed by atoms with Crippen LogP contribution in [0.1, 0.15) is 0 Å². The van der Waals surface area contributed by atoms with Gasteiger partial charge in [-0.05, 0) is 0 Å². The first kappa shape index (κ1) is 12.5. The summed E-state index contributed by atoms with van der Waals surface area (Å²) >= 11 is -1.45. The SMILES string of the molecule is C=C[CH2][Cr]([CH2]C=C)([CH2]C=C)[CH2]C=C. The Morgan fingerprint density at radius 2 is 0.846 bits per heavy atom. The van der Waals surface area contributed by atoms with E-state index in [0.717, 1.165) is 21.1 Å². The number of hydrogen-bond acceptors (Lipinski definition) is 0. The molecule has 0 bridgehead atoms. The molecular weight excluding hydrogens is 196 g/mol. The molecule has 0 spiro atoms. The van der Waals surface area contributed by atoms with Gasteiger partial charge in [0.2, 0.25) is 0 Å². The summed E-state index contributed by atoms with van der Waals surface area (Å²) < 4.78 is 0. The van der Waals surface area contributed by atoms with Crippen LogP contribution in [-0.2, 0) is 13.1 Å². The van der Waals surface area contributed by atoms with Gasteiger partial charge in [0, 0.05) is 0 Å². The van der Waals surface area contributed by atoms with Crippen molar-refractivity contribution in [3.05, 3.63) is 50.6 Å². The van der Waals surface area contributed by atoms with Gasteiger partial charge in [0.05, 0.1) is 0 Å². The minimum atomic E-state index is -1.45. The fourth-order valence-electron chi connectivity index (χ4n) is 1.41. The first-order chi connectivity index (χ1) is 6.24. The van der Waals surface area contributed by atoms with Gasteiger partial charge in [-0.1, -0.05) is 0 Å². The van der Waals surface area contributed by atoms with Gasteiger partial charge in [0.15, 0.2) is 0 Å². The predicted octanol–water partition coefficient (Wildman–Crippen LogP) is 4.56. The van der Waals surface area contributed by atoms with Crippen molar-refractivity contribution in [2.24, 2.45) is 0 Å². The summed E-state index contributed by atoms with van der Waals surface area (Å²) in [4.78, 5) is 0. The zero-order valence-electron chi connectivity index (χ0n) is 8.37. The van der Waals surface area contributed by atoms with E-state index < -0.39 is 13.1 Å². The van der Waals surface area contributed by atoms with E-state index in [1.807, 2.05) is 24.3 Å². The van der Waals surface area contributed by atoms with E-state index in [-0.39, 0.29) is 0 Å². The minimum absolute atomic E-state index is 1.15. The second-order valence-corrected chi connectivity index (χ2v) is 8.95. The Kier molecular flexibility index (Phi) is 6.68. The van der Waals surface area contributed by atoms with E-state index in [1.165, 1.54) is 0 Å². The van der Waals surface area contributed by atoms with Crippen LogP contribution >= 0.6 is 0 Å². The van der Waals surface area contributed by atoms with Crippen LogP contribution < -0.4 is 0 Å². The Bertz CT molecular complexity index is 146. The average molecular weight is 216 g/mol. The van der Waals surface area contributed by atoms with Crippen molar-refractivity contribution in [1.29, 1.82) is 0 Å². The van der Waals surface area contributed by atoms with Crippen LogP contribution in [0.2, 0.25) is 21.1 Å². The van der Waals surface area contributed by atoms with Gasteiger partial charge < -0.3 is 0 Å². The molecule has 0 aromatic carbocycles.